The topological polar surface area (TPSA) is 41.6 Å². The van der Waals surface area contributed by atoms with Gasteiger partial charge in [0.15, 0.2) is 0 Å². The minimum absolute atomic E-state index is 0.196. The highest BCUT2D eigenvalue weighted by Gasteiger charge is 2.30. The number of carbonyl (C=O) groups is 1. The summed E-state index contributed by atoms with van der Waals surface area (Å²) >= 11 is 0. The summed E-state index contributed by atoms with van der Waals surface area (Å²) in [4.78, 5) is 13.8. The van der Waals surface area contributed by atoms with Gasteiger partial charge in [-0.3, -0.25) is 9.69 Å². The SMILES string of the molecule is CC(OCC(F)(F)F)C(=O)NCC(C)N1CCCC1. The minimum atomic E-state index is -4.41. The first-order valence-corrected chi connectivity index (χ1v) is 6.49. The van der Waals surface area contributed by atoms with Gasteiger partial charge in [-0.05, 0) is 39.8 Å². The monoisotopic (exact) mass is 282 g/mol. The number of rotatable bonds is 6. The molecular weight excluding hydrogens is 261 g/mol. The molecule has 0 aromatic heterocycles. The van der Waals surface area contributed by atoms with E-state index in [2.05, 4.69) is 15.0 Å². The fourth-order valence-corrected chi connectivity index (χ4v) is 2.00. The van der Waals surface area contributed by atoms with Crippen LogP contribution in [0.3, 0.4) is 0 Å². The summed E-state index contributed by atoms with van der Waals surface area (Å²) in [6, 6.07) is 0.196. The average molecular weight is 282 g/mol. The van der Waals surface area contributed by atoms with Crippen LogP contribution < -0.4 is 5.32 Å². The van der Waals surface area contributed by atoms with E-state index in [1.165, 1.54) is 6.92 Å². The van der Waals surface area contributed by atoms with Crippen molar-refractivity contribution in [3.05, 3.63) is 0 Å². The van der Waals surface area contributed by atoms with Crippen molar-refractivity contribution in [3.63, 3.8) is 0 Å². The number of carbonyl (C=O) groups excluding carboxylic acids is 1. The van der Waals surface area contributed by atoms with Crippen molar-refractivity contribution >= 4 is 5.91 Å². The molecule has 0 saturated carbocycles. The second-order valence-electron chi connectivity index (χ2n) is 4.91. The molecule has 0 aromatic rings. The van der Waals surface area contributed by atoms with E-state index in [9.17, 15) is 18.0 Å². The Balaban J connectivity index is 2.22. The van der Waals surface area contributed by atoms with Crippen LogP contribution in [0.2, 0.25) is 0 Å². The molecule has 1 rings (SSSR count). The second kappa shape index (κ2) is 7.09. The molecule has 1 N–H and O–H groups in total. The zero-order chi connectivity index (χ0) is 14.5. The van der Waals surface area contributed by atoms with Crippen molar-refractivity contribution < 1.29 is 22.7 Å². The Labute approximate surface area is 111 Å². The number of nitrogens with zero attached hydrogens (tertiary/aromatic N) is 1. The van der Waals surface area contributed by atoms with Gasteiger partial charge >= 0.3 is 6.18 Å². The molecule has 0 aromatic carbocycles. The van der Waals surface area contributed by atoms with Gasteiger partial charge in [0.2, 0.25) is 5.91 Å². The molecular formula is C12H21F3N2O2. The average Bonchev–Trinajstić information content (AvgIpc) is 2.85. The maximum Gasteiger partial charge on any atom is 0.411 e. The minimum Gasteiger partial charge on any atom is -0.359 e. The van der Waals surface area contributed by atoms with Crippen molar-refractivity contribution in [1.82, 2.24) is 10.2 Å². The Bertz CT molecular complexity index is 291. The lowest BCUT2D eigenvalue weighted by atomic mass is 10.3. The number of hydrogen-bond donors (Lipinski definition) is 1. The smallest absolute Gasteiger partial charge is 0.359 e. The van der Waals surface area contributed by atoms with Crippen molar-refractivity contribution in [1.29, 1.82) is 0 Å². The molecule has 4 nitrogen and oxygen atoms in total. The van der Waals surface area contributed by atoms with Gasteiger partial charge in [-0.1, -0.05) is 0 Å². The molecule has 1 aliphatic heterocycles. The number of halogens is 3. The molecule has 0 bridgehead atoms. The third-order valence-electron chi connectivity index (χ3n) is 3.20. The van der Waals surface area contributed by atoms with Crippen LogP contribution in [0.1, 0.15) is 26.7 Å². The summed E-state index contributed by atoms with van der Waals surface area (Å²) in [7, 11) is 0. The van der Waals surface area contributed by atoms with E-state index in [0.29, 0.717) is 6.54 Å². The summed E-state index contributed by atoms with van der Waals surface area (Å²) in [6.07, 6.45) is -3.18. The molecule has 2 unspecified atom stereocenters. The lowest BCUT2D eigenvalue weighted by Gasteiger charge is -2.24. The molecule has 7 heteroatoms. The van der Waals surface area contributed by atoms with Crippen molar-refractivity contribution in [2.45, 2.75) is 45.0 Å². The number of likely N-dealkylation sites (tertiary alicyclic amines) is 1. The molecule has 112 valence electrons. The Kier molecular flexibility index (Phi) is 6.06. The molecule has 19 heavy (non-hydrogen) atoms. The van der Waals surface area contributed by atoms with Crippen molar-refractivity contribution in [2.75, 3.05) is 26.2 Å². The largest absolute Gasteiger partial charge is 0.411 e. The Hall–Kier alpha value is -0.820. The normalized spacial score (nSPS) is 20.3. The predicted molar refractivity (Wildman–Crippen MR) is 64.7 cm³/mol. The van der Waals surface area contributed by atoms with Crippen LogP contribution in [-0.4, -0.2) is 55.4 Å². The van der Waals surface area contributed by atoms with Crippen molar-refractivity contribution in [3.8, 4) is 0 Å². The van der Waals surface area contributed by atoms with Gasteiger partial charge in [0, 0.05) is 12.6 Å². The van der Waals surface area contributed by atoms with Gasteiger partial charge in [0.25, 0.3) is 0 Å². The van der Waals surface area contributed by atoms with E-state index in [4.69, 9.17) is 0 Å². The number of ether oxygens (including phenoxy) is 1. The third-order valence-corrected chi connectivity index (χ3v) is 3.20. The first-order valence-electron chi connectivity index (χ1n) is 6.49. The van der Waals surface area contributed by atoms with Gasteiger partial charge in [-0.15, -0.1) is 0 Å². The highest BCUT2D eigenvalue weighted by molar-refractivity contribution is 5.80. The zero-order valence-corrected chi connectivity index (χ0v) is 11.3. The second-order valence-corrected chi connectivity index (χ2v) is 4.91. The Morgan fingerprint density at radius 2 is 1.89 bits per heavy atom. The molecule has 1 saturated heterocycles. The Morgan fingerprint density at radius 3 is 2.42 bits per heavy atom. The van der Waals surface area contributed by atoms with Crippen LogP contribution in [-0.2, 0) is 9.53 Å². The predicted octanol–water partition coefficient (Wildman–Crippen LogP) is 1.55. The van der Waals surface area contributed by atoms with E-state index in [0.717, 1.165) is 25.9 Å². The first kappa shape index (κ1) is 16.2. The summed E-state index contributed by atoms with van der Waals surface area (Å²) in [5.74, 6) is -0.504. The lowest BCUT2D eigenvalue weighted by molar-refractivity contribution is -0.185. The van der Waals surface area contributed by atoms with Gasteiger partial charge in [-0.25, -0.2) is 0 Å². The number of nitrogens with one attached hydrogen (secondary N) is 1. The fourth-order valence-electron chi connectivity index (χ4n) is 2.00. The lowest BCUT2D eigenvalue weighted by Crippen LogP contribution is -2.44. The van der Waals surface area contributed by atoms with Gasteiger partial charge < -0.3 is 10.1 Å². The molecule has 1 heterocycles. The molecule has 0 spiro atoms. The highest BCUT2D eigenvalue weighted by atomic mass is 19.4. The Morgan fingerprint density at radius 1 is 1.32 bits per heavy atom. The van der Waals surface area contributed by atoms with Crippen LogP contribution >= 0.6 is 0 Å². The molecule has 1 amide bonds. The first-order chi connectivity index (χ1) is 8.79. The molecule has 0 aliphatic carbocycles. The van der Waals surface area contributed by atoms with E-state index < -0.39 is 24.8 Å². The number of amides is 1. The van der Waals surface area contributed by atoms with Crippen LogP contribution in [0.15, 0.2) is 0 Å². The van der Waals surface area contributed by atoms with E-state index in [1.54, 1.807) is 0 Å². The summed E-state index contributed by atoms with van der Waals surface area (Å²) in [6.45, 7) is 4.37. The molecule has 1 aliphatic rings. The number of alkyl halides is 3. The number of hydrogen-bond acceptors (Lipinski definition) is 3. The maximum absolute atomic E-state index is 11.9. The fraction of sp³-hybridized carbons (Fsp3) is 0.917. The molecule has 2 atom stereocenters. The zero-order valence-electron chi connectivity index (χ0n) is 11.3. The van der Waals surface area contributed by atoms with Gasteiger partial charge in [-0.2, -0.15) is 13.2 Å². The van der Waals surface area contributed by atoms with Crippen LogP contribution in [0, 0.1) is 0 Å². The third kappa shape index (κ3) is 6.24. The van der Waals surface area contributed by atoms with Crippen LogP contribution in [0.4, 0.5) is 13.2 Å². The van der Waals surface area contributed by atoms with Crippen molar-refractivity contribution in [2.24, 2.45) is 0 Å². The van der Waals surface area contributed by atoms with Crippen LogP contribution in [0.25, 0.3) is 0 Å². The highest BCUT2D eigenvalue weighted by Crippen LogP contribution is 2.15. The van der Waals surface area contributed by atoms with E-state index >= 15 is 0 Å². The van der Waals surface area contributed by atoms with Gasteiger partial charge in [0.05, 0.1) is 0 Å². The quantitative estimate of drug-likeness (QED) is 0.804. The molecule has 1 fully saturated rings. The maximum atomic E-state index is 11.9. The van der Waals surface area contributed by atoms with E-state index in [1.807, 2.05) is 6.92 Å². The van der Waals surface area contributed by atoms with Crippen LogP contribution in [0.5, 0.6) is 0 Å². The van der Waals surface area contributed by atoms with Gasteiger partial charge in [0.1, 0.15) is 12.7 Å². The summed E-state index contributed by atoms with van der Waals surface area (Å²) in [5.41, 5.74) is 0. The summed E-state index contributed by atoms with van der Waals surface area (Å²) < 4.78 is 40.3. The van der Waals surface area contributed by atoms with E-state index in [-0.39, 0.29) is 6.04 Å². The summed E-state index contributed by atoms with van der Waals surface area (Å²) in [5, 5.41) is 2.62. The standard InChI is InChI=1S/C12H21F3N2O2/c1-9(17-5-3-4-6-17)7-16-11(18)10(2)19-8-12(13,14)15/h9-10H,3-8H2,1-2H3,(H,16,18). The molecule has 0 radical (unpaired) electrons.